The largest absolute Gasteiger partial charge is 0.322 e. The molecule has 1 amide bonds. The van der Waals surface area contributed by atoms with Crippen molar-refractivity contribution >= 4 is 11.6 Å². The third-order valence-corrected chi connectivity index (χ3v) is 1.66. The van der Waals surface area contributed by atoms with Crippen LogP contribution in [0, 0.1) is 11.3 Å². The lowest BCUT2D eigenvalue weighted by Crippen LogP contribution is -2.11. The van der Waals surface area contributed by atoms with Crippen LogP contribution in [0.1, 0.15) is 13.9 Å². The first-order chi connectivity index (χ1) is 6.63. The second kappa shape index (κ2) is 4.24. The molecule has 1 aromatic rings. The van der Waals surface area contributed by atoms with Crippen LogP contribution in [-0.2, 0) is 4.79 Å². The summed E-state index contributed by atoms with van der Waals surface area (Å²) in [6.45, 7) is 5.16. The van der Waals surface area contributed by atoms with E-state index in [1.54, 1.807) is 31.2 Å². The summed E-state index contributed by atoms with van der Waals surface area (Å²) in [5.74, 6) is -0.213. The van der Waals surface area contributed by atoms with E-state index >= 15 is 0 Å². The van der Waals surface area contributed by atoms with Crippen molar-refractivity contribution in [3.8, 4) is 6.07 Å². The topological polar surface area (TPSA) is 52.9 Å². The van der Waals surface area contributed by atoms with Crippen molar-refractivity contribution in [3.63, 3.8) is 0 Å². The Labute approximate surface area is 84.2 Å². The van der Waals surface area contributed by atoms with Crippen LogP contribution < -0.4 is 5.32 Å². The van der Waals surface area contributed by atoms with Crippen molar-refractivity contribution < 1.29 is 6.22 Å². The van der Waals surface area contributed by atoms with E-state index in [1.807, 2.05) is 6.07 Å². The number of nitrogens with zero attached hydrogens (tertiary/aromatic N) is 1. The summed E-state index contributed by atoms with van der Waals surface area (Å²) in [6.07, 6.45) is 0. The normalized spacial score (nSPS) is 8.86. The van der Waals surface area contributed by atoms with E-state index in [9.17, 15) is 4.79 Å². The molecule has 0 saturated heterocycles. The summed E-state index contributed by atoms with van der Waals surface area (Å²) in [6, 6.07) is 8.65. The number of benzene rings is 1. The quantitative estimate of drug-likeness (QED) is 0.724. The maximum atomic E-state index is 11.2. The molecule has 0 fully saturated rings. The molecule has 1 N–H and O–H groups in total. The Morgan fingerprint density at radius 1 is 1.50 bits per heavy atom. The smallest absolute Gasteiger partial charge is 0.250 e. The fourth-order valence-electron chi connectivity index (χ4n) is 0.866. The van der Waals surface area contributed by atoms with Crippen LogP contribution in [0.4, 0.5) is 5.69 Å². The maximum absolute atomic E-state index is 11.2. The van der Waals surface area contributed by atoms with Gasteiger partial charge in [0.1, 0.15) is 0 Å². The van der Waals surface area contributed by atoms with Crippen molar-refractivity contribution in [3.05, 3.63) is 42.0 Å². The highest BCUT2D eigenvalue weighted by Crippen LogP contribution is 2.09. The highest BCUT2D eigenvalue weighted by Gasteiger charge is 2.01. The first-order valence-electron chi connectivity index (χ1n) is 4.10. The Hall–Kier alpha value is -2.08. The highest BCUT2D eigenvalue weighted by atomic mass is 16.1. The molecule has 14 heavy (non-hydrogen) atoms. The van der Waals surface area contributed by atoms with Crippen molar-refractivity contribution in [2.45, 2.75) is 6.92 Å². The van der Waals surface area contributed by atoms with Crippen LogP contribution in [0.15, 0.2) is 36.4 Å². The number of hydrogen-bond donors (Lipinski definition) is 1. The van der Waals surface area contributed by atoms with Gasteiger partial charge >= 0.3 is 0 Å². The first-order valence-corrected chi connectivity index (χ1v) is 4.10. The zero-order chi connectivity index (χ0) is 10.6. The van der Waals surface area contributed by atoms with Crippen LogP contribution in [0.2, 0.25) is 0 Å². The lowest BCUT2D eigenvalue weighted by atomic mass is 10.2. The standard InChI is InChI=1S/C11H10N2O.H2/c1-8(2)11(14)13-10-5-3-9(7-12)4-6-10;/h3-6H,1H2,2H3,(H,13,14);1H. The van der Waals surface area contributed by atoms with Gasteiger partial charge in [0.25, 0.3) is 5.91 Å². The number of carbonyl (C=O) groups is 1. The molecule has 0 aromatic heterocycles. The van der Waals surface area contributed by atoms with Gasteiger partial charge < -0.3 is 5.32 Å². The fraction of sp³-hybridized carbons (Fsp3) is 0.0909. The Morgan fingerprint density at radius 3 is 2.50 bits per heavy atom. The van der Waals surface area contributed by atoms with Gasteiger partial charge in [-0.3, -0.25) is 4.79 Å². The van der Waals surface area contributed by atoms with Crippen LogP contribution >= 0.6 is 0 Å². The molecule has 0 radical (unpaired) electrons. The minimum atomic E-state index is -0.213. The summed E-state index contributed by atoms with van der Waals surface area (Å²) in [5, 5.41) is 11.2. The molecular weight excluding hydrogens is 176 g/mol. The molecule has 3 nitrogen and oxygen atoms in total. The van der Waals surface area contributed by atoms with E-state index in [1.165, 1.54) is 0 Å². The van der Waals surface area contributed by atoms with Gasteiger partial charge in [-0.25, -0.2) is 0 Å². The number of carbonyl (C=O) groups excluding carboxylic acids is 1. The Bertz CT molecular complexity index is 404. The van der Waals surface area contributed by atoms with E-state index in [0.717, 1.165) is 0 Å². The van der Waals surface area contributed by atoms with Crippen molar-refractivity contribution in [1.29, 1.82) is 5.26 Å². The average Bonchev–Trinajstić information content (AvgIpc) is 2.19. The van der Waals surface area contributed by atoms with Crippen molar-refractivity contribution in [2.75, 3.05) is 5.32 Å². The lowest BCUT2D eigenvalue weighted by Gasteiger charge is -2.03. The minimum Gasteiger partial charge on any atom is -0.322 e. The summed E-state index contributed by atoms with van der Waals surface area (Å²) >= 11 is 0. The molecule has 0 atom stereocenters. The van der Waals surface area contributed by atoms with Crippen LogP contribution in [0.25, 0.3) is 0 Å². The SMILES string of the molecule is C=C(C)C(=O)Nc1ccc(C#N)cc1.[HH]. The molecule has 0 spiro atoms. The van der Waals surface area contributed by atoms with Gasteiger partial charge in [-0.15, -0.1) is 0 Å². The van der Waals surface area contributed by atoms with E-state index in [-0.39, 0.29) is 7.33 Å². The van der Waals surface area contributed by atoms with Crippen molar-refractivity contribution in [1.82, 2.24) is 0 Å². The molecule has 1 rings (SSSR count). The van der Waals surface area contributed by atoms with Gasteiger partial charge in [0.2, 0.25) is 0 Å². The van der Waals surface area contributed by atoms with Gasteiger partial charge in [-0.2, -0.15) is 5.26 Å². The Balaban J connectivity index is 0.00000196. The first kappa shape index (κ1) is 10.0. The monoisotopic (exact) mass is 188 g/mol. The molecule has 0 unspecified atom stereocenters. The zero-order valence-corrected chi connectivity index (χ0v) is 7.87. The second-order valence-electron chi connectivity index (χ2n) is 2.92. The third kappa shape index (κ3) is 2.46. The van der Waals surface area contributed by atoms with Gasteiger partial charge in [-0.1, -0.05) is 6.58 Å². The van der Waals surface area contributed by atoms with Crippen molar-refractivity contribution in [2.24, 2.45) is 0 Å². The summed E-state index contributed by atoms with van der Waals surface area (Å²) in [5.41, 5.74) is 1.68. The van der Waals surface area contributed by atoms with Crippen LogP contribution in [0.5, 0.6) is 0 Å². The molecule has 72 valence electrons. The number of nitrogens with one attached hydrogen (secondary N) is 1. The number of hydrogen-bond acceptors (Lipinski definition) is 2. The molecular formula is C11H12N2O. The molecule has 0 aliphatic heterocycles. The zero-order valence-electron chi connectivity index (χ0n) is 7.87. The minimum absolute atomic E-state index is 0. The molecule has 3 heteroatoms. The van der Waals surface area contributed by atoms with E-state index in [0.29, 0.717) is 16.8 Å². The van der Waals surface area contributed by atoms with Gasteiger partial charge in [-0.05, 0) is 31.2 Å². The number of anilines is 1. The summed E-state index contributed by atoms with van der Waals surface area (Å²) < 4.78 is 0. The summed E-state index contributed by atoms with van der Waals surface area (Å²) in [4.78, 5) is 11.2. The van der Waals surface area contributed by atoms with Gasteiger partial charge in [0, 0.05) is 12.7 Å². The molecule has 0 saturated carbocycles. The summed E-state index contributed by atoms with van der Waals surface area (Å²) in [7, 11) is 0. The molecule has 1 aromatic carbocycles. The number of amides is 1. The van der Waals surface area contributed by atoms with Gasteiger partial charge in [0.15, 0.2) is 0 Å². The van der Waals surface area contributed by atoms with Crippen LogP contribution in [-0.4, -0.2) is 5.91 Å². The fourth-order valence-corrected chi connectivity index (χ4v) is 0.866. The Kier molecular flexibility index (Phi) is 3.03. The Morgan fingerprint density at radius 2 is 2.07 bits per heavy atom. The number of rotatable bonds is 2. The predicted octanol–water partition coefficient (Wildman–Crippen LogP) is 2.32. The lowest BCUT2D eigenvalue weighted by molar-refractivity contribution is -0.112. The van der Waals surface area contributed by atoms with E-state index in [2.05, 4.69) is 11.9 Å². The molecule has 0 aliphatic rings. The second-order valence-corrected chi connectivity index (χ2v) is 2.92. The number of nitriles is 1. The molecule has 0 aliphatic carbocycles. The molecule has 0 heterocycles. The van der Waals surface area contributed by atoms with Gasteiger partial charge in [0.05, 0.1) is 11.6 Å². The van der Waals surface area contributed by atoms with Crippen LogP contribution in [0.3, 0.4) is 0 Å². The molecule has 0 bridgehead atoms. The predicted molar refractivity (Wildman–Crippen MR) is 56.7 cm³/mol. The average molecular weight is 188 g/mol. The highest BCUT2D eigenvalue weighted by molar-refractivity contribution is 6.02. The third-order valence-electron chi connectivity index (χ3n) is 1.66. The van der Waals surface area contributed by atoms with E-state index < -0.39 is 0 Å². The van der Waals surface area contributed by atoms with E-state index in [4.69, 9.17) is 5.26 Å². The maximum Gasteiger partial charge on any atom is 0.250 e.